The van der Waals surface area contributed by atoms with Gasteiger partial charge in [0.2, 0.25) is 0 Å². The lowest BCUT2D eigenvalue weighted by atomic mass is 10.1. The van der Waals surface area contributed by atoms with Gasteiger partial charge < -0.3 is 15.2 Å². The molecule has 0 aromatic heterocycles. The SMILES string of the molecule is COCCN(CCOC)Cc1cc(F)ccc1C(N)=S. The molecular weight excluding hydrogens is 279 g/mol. The van der Waals surface area contributed by atoms with Crippen LogP contribution in [0.4, 0.5) is 4.39 Å². The van der Waals surface area contributed by atoms with E-state index in [0.717, 1.165) is 18.7 Å². The average molecular weight is 300 g/mol. The fourth-order valence-corrected chi connectivity index (χ4v) is 2.08. The lowest BCUT2D eigenvalue weighted by Crippen LogP contribution is -2.31. The Hall–Kier alpha value is -1.08. The van der Waals surface area contributed by atoms with Crippen LogP contribution in [0.15, 0.2) is 18.2 Å². The minimum Gasteiger partial charge on any atom is -0.389 e. The minimum atomic E-state index is -0.293. The topological polar surface area (TPSA) is 47.7 Å². The largest absolute Gasteiger partial charge is 0.389 e. The molecule has 4 nitrogen and oxygen atoms in total. The van der Waals surface area contributed by atoms with E-state index in [9.17, 15) is 4.39 Å². The first-order valence-electron chi connectivity index (χ1n) is 6.37. The van der Waals surface area contributed by atoms with Crippen LogP contribution >= 0.6 is 12.2 Å². The summed E-state index contributed by atoms with van der Waals surface area (Å²) in [5, 5.41) is 0. The van der Waals surface area contributed by atoms with Gasteiger partial charge in [-0.2, -0.15) is 0 Å². The molecule has 0 spiro atoms. The summed E-state index contributed by atoms with van der Waals surface area (Å²) in [6.45, 7) is 3.21. The summed E-state index contributed by atoms with van der Waals surface area (Å²) in [6, 6.07) is 4.46. The number of hydrogen-bond donors (Lipinski definition) is 1. The number of benzene rings is 1. The highest BCUT2D eigenvalue weighted by atomic mass is 32.1. The van der Waals surface area contributed by atoms with Crippen molar-refractivity contribution in [1.82, 2.24) is 4.90 Å². The van der Waals surface area contributed by atoms with Gasteiger partial charge in [0.15, 0.2) is 0 Å². The molecule has 20 heavy (non-hydrogen) atoms. The van der Waals surface area contributed by atoms with Crippen LogP contribution in [-0.4, -0.2) is 50.4 Å². The molecule has 2 N–H and O–H groups in total. The van der Waals surface area contributed by atoms with Gasteiger partial charge in [-0.3, -0.25) is 4.90 Å². The Bertz CT molecular complexity index is 435. The molecule has 0 atom stereocenters. The Morgan fingerprint density at radius 3 is 2.35 bits per heavy atom. The molecule has 1 aromatic rings. The number of nitrogens with two attached hydrogens (primary N) is 1. The molecule has 0 bridgehead atoms. The van der Waals surface area contributed by atoms with Gasteiger partial charge in [0.05, 0.1) is 13.2 Å². The van der Waals surface area contributed by atoms with Crippen molar-refractivity contribution in [3.63, 3.8) is 0 Å². The number of ether oxygens (including phenoxy) is 2. The summed E-state index contributed by atoms with van der Waals surface area (Å²) in [7, 11) is 3.30. The molecule has 0 heterocycles. The van der Waals surface area contributed by atoms with Gasteiger partial charge >= 0.3 is 0 Å². The second kappa shape index (κ2) is 8.97. The van der Waals surface area contributed by atoms with Crippen LogP contribution in [0, 0.1) is 5.82 Å². The monoisotopic (exact) mass is 300 g/mol. The van der Waals surface area contributed by atoms with Crippen molar-refractivity contribution in [3.05, 3.63) is 35.1 Å². The first-order valence-corrected chi connectivity index (χ1v) is 6.77. The zero-order valence-electron chi connectivity index (χ0n) is 11.9. The van der Waals surface area contributed by atoms with Crippen LogP contribution in [0.25, 0.3) is 0 Å². The van der Waals surface area contributed by atoms with Crippen LogP contribution in [0.2, 0.25) is 0 Å². The highest BCUT2D eigenvalue weighted by Crippen LogP contribution is 2.14. The second-order valence-electron chi connectivity index (χ2n) is 4.43. The summed E-state index contributed by atoms with van der Waals surface area (Å²) < 4.78 is 23.6. The Balaban J connectivity index is 2.84. The molecule has 0 fully saturated rings. The van der Waals surface area contributed by atoms with E-state index in [-0.39, 0.29) is 10.8 Å². The molecule has 0 aliphatic heterocycles. The van der Waals surface area contributed by atoms with Crippen molar-refractivity contribution in [1.29, 1.82) is 0 Å². The summed E-state index contributed by atoms with van der Waals surface area (Å²) in [4.78, 5) is 2.39. The Kier molecular flexibility index (Phi) is 7.61. The third-order valence-electron chi connectivity index (χ3n) is 2.95. The lowest BCUT2D eigenvalue weighted by molar-refractivity contribution is 0.110. The third-order valence-corrected chi connectivity index (χ3v) is 3.17. The van der Waals surface area contributed by atoms with E-state index < -0.39 is 0 Å². The van der Waals surface area contributed by atoms with Crippen molar-refractivity contribution >= 4 is 17.2 Å². The van der Waals surface area contributed by atoms with E-state index in [0.29, 0.717) is 25.3 Å². The molecule has 112 valence electrons. The molecule has 1 aromatic carbocycles. The Labute approximate surface area is 124 Å². The number of hydrogen-bond acceptors (Lipinski definition) is 4. The molecule has 1 rings (SSSR count). The van der Waals surface area contributed by atoms with Gasteiger partial charge in [-0.25, -0.2) is 4.39 Å². The average Bonchev–Trinajstić information content (AvgIpc) is 2.41. The third kappa shape index (κ3) is 5.50. The van der Waals surface area contributed by atoms with Crippen LogP contribution in [0.1, 0.15) is 11.1 Å². The zero-order chi connectivity index (χ0) is 15.0. The zero-order valence-corrected chi connectivity index (χ0v) is 12.7. The van der Waals surface area contributed by atoms with E-state index in [1.54, 1.807) is 20.3 Å². The normalized spacial score (nSPS) is 11.0. The number of halogens is 1. The summed E-state index contributed by atoms with van der Waals surface area (Å²) in [5.74, 6) is -0.293. The molecular formula is C14H21FN2O2S. The lowest BCUT2D eigenvalue weighted by Gasteiger charge is -2.23. The van der Waals surface area contributed by atoms with Crippen molar-refractivity contribution in [2.45, 2.75) is 6.54 Å². The standard InChI is InChI=1S/C14H21FN2O2S/c1-18-7-5-17(6-8-19-2)10-11-9-12(15)3-4-13(11)14(16)20/h3-4,9H,5-8,10H2,1-2H3,(H2,16,20). The predicted molar refractivity (Wildman–Crippen MR) is 81.3 cm³/mol. The second-order valence-corrected chi connectivity index (χ2v) is 4.87. The van der Waals surface area contributed by atoms with Gasteiger partial charge in [-0.05, 0) is 23.8 Å². The van der Waals surface area contributed by atoms with E-state index in [1.807, 2.05) is 0 Å². The van der Waals surface area contributed by atoms with E-state index in [4.69, 9.17) is 27.4 Å². The molecule has 0 unspecified atom stereocenters. The quantitative estimate of drug-likeness (QED) is 0.701. The van der Waals surface area contributed by atoms with E-state index >= 15 is 0 Å². The number of thiocarbonyl (C=S) groups is 1. The van der Waals surface area contributed by atoms with Crippen LogP contribution in [0.3, 0.4) is 0 Å². The van der Waals surface area contributed by atoms with Crippen molar-refractivity contribution in [2.24, 2.45) is 5.73 Å². The highest BCUT2D eigenvalue weighted by molar-refractivity contribution is 7.80. The summed E-state index contributed by atoms with van der Waals surface area (Å²) in [6.07, 6.45) is 0. The number of nitrogens with zero attached hydrogens (tertiary/aromatic N) is 1. The molecule has 0 radical (unpaired) electrons. The molecule has 0 aliphatic carbocycles. The fraction of sp³-hybridized carbons (Fsp3) is 0.500. The van der Waals surface area contributed by atoms with Crippen LogP contribution in [0.5, 0.6) is 0 Å². The van der Waals surface area contributed by atoms with E-state index in [2.05, 4.69) is 4.90 Å². The van der Waals surface area contributed by atoms with Crippen molar-refractivity contribution < 1.29 is 13.9 Å². The van der Waals surface area contributed by atoms with Crippen LogP contribution in [-0.2, 0) is 16.0 Å². The van der Waals surface area contributed by atoms with Crippen molar-refractivity contribution in [3.8, 4) is 0 Å². The van der Waals surface area contributed by atoms with Crippen LogP contribution < -0.4 is 5.73 Å². The predicted octanol–water partition coefficient (Wildman–Crippen LogP) is 1.55. The van der Waals surface area contributed by atoms with Crippen molar-refractivity contribution in [2.75, 3.05) is 40.5 Å². The summed E-state index contributed by atoms with van der Waals surface area (Å²) >= 11 is 5.01. The minimum absolute atomic E-state index is 0.276. The maximum Gasteiger partial charge on any atom is 0.123 e. The van der Waals surface area contributed by atoms with Gasteiger partial charge in [-0.15, -0.1) is 0 Å². The molecule has 0 saturated carbocycles. The highest BCUT2D eigenvalue weighted by Gasteiger charge is 2.11. The van der Waals surface area contributed by atoms with Gasteiger partial charge in [-0.1, -0.05) is 12.2 Å². The molecule has 0 aliphatic rings. The van der Waals surface area contributed by atoms with Gasteiger partial charge in [0.25, 0.3) is 0 Å². The Morgan fingerprint density at radius 1 is 1.25 bits per heavy atom. The summed E-state index contributed by atoms with van der Waals surface area (Å²) in [5.41, 5.74) is 7.17. The van der Waals surface area contributed by atoms with Gasteiger partial charge in [0, 0.05) is 39.4 Å². The number of methoxy groups -OCH3 is 2. The first kappa shape index (κ1) is 17.0. The molecule has 6 heteroatoms. The first-order chi connectivity index (χ1) is 9.58. The Morgan fingerprint density at radius 2 is 1.85 bits per heavy atom. The maximum atomic E-state index is 13.4. The fourth-order valence-electron chi connectivity index (χ4n) is 1.89. The molecule has 0 amide bonds. The van der Waals surface area contributed by atoms with Gasteiger partial charge in [0.1, 0.15) is 10.8 Å². The number of rotatable bonds is 9. The molecule has 0 saturated heterocycles. The maximum absolute atomic E-state index is 13.4. The smallest absolute Gasteiger partial charge is 0.123 e. The van der Waals surface area contributed by atoms with E-state index in [1.165, 1.54) is 12.1 Å².